The van der Waals surface area contributed by atoms with Gasteiger partial charge in [-0.3, -0.25) is 4.79 Å². The zero-order valence-corrected chi connectivity index (χ0v) is 18.5. The summed E-state index contributed by atoms with van der Waals surface area (Å²) in [6.07, 6.45) is 1.59. The van der Waals surface area contributed by atoms with Crippen LogP contribution < -0.4 is 14.7 Å². The standard InChI is InChI=1S/C25H27NO6/c1-16-12-20(27)19(15-26(8-10-29-2)9-11-30-3)25-23(16)24(28)22(32-25)14-18-13-17-6-4-5-7-21(17)31-18/h4-7,12-14,27H,8-11,15H2,1-3H3/b22-14+. The molecule has 0 unspecified atom stereocenters. The number of carbonyl (C=O) groups excluding carboxylic acids is 1. The highest BCUT2D eigenvalue weighted by molar-refractivity contribution is 6.15. The number of hydrogen-bond acceptors (Lipinski definition) is 6. The first-order valence-electron chi connectivity index (χ1n) is 10.6. The number of furan rings is 1. The van der Waals surface area contributed by atoms with Crippen LogP contribution in [0.4, 0.5) is 0 Å². The van der Waals surface area contributed by atoms with Crippen LogP contribution in [-0.2, 0) is 16.0 Å². The molecule has 0 atom stereocenters. The van der Waals surface area contributed by atoms with Crippen molar-refractivity contribution in [2.75, 3.05) is 40.5 Å². The van der Waals surface area contributed by atoms with Crippen molar-refractivity contribution >= 4 is 22.8 Å². The van der Waals surface area contributed by atoms with Crippen LogP contribution in [0.2, 0.25) is 0 Å². The first kappa shape index (κ1) is 22.1. The molecule has 0 saturated heterocycles. The van der Waals surface area contributed by atoms with Gasteiger partial charge in [0.15, 0.2) is 5.76 Å². The molecule has 0 saturated carbocycles. The first-order valence-corrected chi connectivity index (χ1v) is 10.6. The lowest BCUT2D eigenvalue weighted by Crippen LogP contribution is -3.11. The van der Waals surface area contributed by atoms with Gasteiger partial charge in [0.2, 0.25) is 5.78 Å². The summed E-state index contributed by atoms with van der Waals surface area (Å²) < 4.78 is 22.2. The molecule has 4 rings (SSSR count). The zero-order chi connectivity index (χ0) is 22.7. The lowest BCUT2D eigenvalue weighted by Gasteiger charge is -2.24. The Morgan fingerprint density at radius 1 is 1.09 bits per heavy atom. The summed E-state index contributed by atoms with van der Waals surface area (Å²) in [5.74, 6) is 0.663. The number of aryl methyl sites for hydroxylation is 1. The lowest BCUT2D eigenvalue weighted by atomic mass is 9.99. The van der Waals surface area contributed by atoms with E-state index in [1.165, 1.54) is 6.07 Å². The van der Waals surface area contributed by atoms with Gasteiger partial charge in [-0.1, -0.05) is 30.0 Å². The molecule has 0 bridgehead atoms. The van der Waals surface area contributed by atoms with Gasteiger partial charge in [-0.05, 0) is 24.6 Å². The van der Waals surface area contributed by atoms with E-state index in [4.69, 9.17) is 18.6 Å². The molecule has 7 heteroatoms. The molecule has 2 aromatic carbocycles. The third-order valence-corrected chi connectivity index (χ3v) is 5.67. The van der Waals surface area contributed by atoms with Gasteiger partial charge in [-0.15, -0.1) is 0 Å². The highest BCUT2D eigenvalue weighted by Gasteiger charge is 2.33. The molecule has 1 aliphatic heterocycles. The van der Waals surface area contributed by atoms with Crippen LogP contribution >= 0.6 is 0 Å². The quantitative estimate of drug-likeness (QED) is 0.516. The minimum atomic E-state index is -0.241. The number of nitrogens with one attached hydrogen (secondary N) is 1. The van der Waals surface area contributed by atoms with Gasteiger partial charge in [0.25, 0.3) is 0 Å². The Hall–Kier alpha value is -3.13. The Kier molecular flexibility index (Phi) is 6.60. The SMILES string of the molecule is COCC[NH+](CCOC)Cc1c([O-])cc(C)c2c1O/C(=C/c1cc3ccccc3o1)C2=O. The summed E-state index contributed by atoms with van der Waals surface area (Å²) in [7, 11) is 3.29. The van der Waals surface area contributed by atoms with E-state index in [-0.39, 0.29) is 17.3 Å². The number of ether oxygens (including phenoxy) is 3. The number of hydrogen-bond donors (Lipinski definition) is 1. The minimum absolute atomic E-state index is 0.133. The van der Waals surface area contributed by atoms with Crippen molar-refractivity contribution in [3.05, 3.63) is 64.6 Å². The highest BCUT2D eigenvalue weighted by Crippen LogP contribution is 2.40. The van der Waals surface area contributed by atoms with E-state index in [1.54, 1.807) is 27.2 Å². The summed E-state index contributed by atoms with van der Waals surface area (Å²) >= 11 is 0. The number of rotatable bonds is 9. The summed E-state index contributed by atoms with van der Waals surface area (Å²) in [5.41, 5.74) is 2.28. The number of allylic oxidation sites excluding steroid dienone is 1. The fourth-order valence-electron chi connectivity index (χ4n) is 3.98. The lowest BCUT2D eigenvalue weighted by molar-refractivity contribution is -0.914. The summed E-state index contributed by atoms with van der Waals surface area (Å²) in [6.45, 7) is 4.70. The molecule has 0 fully saturated rings. The third kappa shape index (κ3) is 4.41. The van der Waals surface area contributed by atoms with E-state index in [0.717, 1.165) is 15.9 Å². The van der Waals surface area contributed by atoms with Crippen LogP contribution in [-0.4, -0.2) is 46.3 Å². The molecule has 3 aromatic rings. The monoisotopic (exact) mass is 437 g/mol. The van der Waals surface area contributed by atoms with E-state index in [0.29, 0.717) is 61.0 Å². The molecule has 0 amide bonds. The van der Waals surface area contributed by atoms with Crippen molar-refractivity contribution in [2.45, 2.75) is 13.5 Å². The topological polar surface area (TPSA) is 85.4 Å². The predicted molar refractivity (Wildman–Crippen MR) is 118 cm³/mol. The van der Waals surface area contributed by atoms with Crippen LogP contribution in [0.15, 0.2) is 46.6 Å². The van der Waals surface area contributed by atoms with Crippen molar-refractivity contribution in [2.24, 2.45) is 0 Å². The van der Waals surface area contributed by atoms with Gasteiger partial charge in [0, 0.05) is 31.2 Å². The molecule has 1 N–H and O–H groups in total. The predicted octanol–water partition coefficient (Wildman–Crippen LogP) is 2.11. The van der Waals surface area contributed by atoms with Crippen LogP contribution in [0.5, 0.6) is 11.5 Å². The van der Waals surface area contributed by atoms with E-state index in [2.05, 4.69) is 0 Å². The average Bonchev–Trinajstić information content (AvgIpc) is 3.33. The maximum atomic E-state index is 13.1. The third-order valence-electron chi connectivity index (χ3n) is 5.67. The maximum Gasteiger partial charge on any atom is 0.232 e. The second kappa shape index (κ2) is 9.56. The van der Waals surface area contributed by atoms with Gasteiger partial charge in [-0.25, -0.2) is 0 Å². The maximum absolute atomic E-state index is 13.1. The Labute approximate surface area is 186 Å². The number of carbonyl (C=O) groups is 1. The zero-order valence-electron chi connectivity index (χ0n) is 18.5. The number of fused-ring (bicyclic) bond motifs is 2. The van der Waals surface area contributed by atoms with Gasteiger partial charge < -0.3 is 28.6 Å². The molecule has 1 aromatic heterocycles. The summed E-state index contributed by atoms with van der Waals surface area (Å²) in [6, 6.07) is 11.0. The van der Waals surface area contributed by atoms with Crippen molar-refractivity contribution in [3.8, 4) is 11.5 Å². The number of quaternary nitrogens is 1. The number of ketones is 1. The molecule has 0 aliphatic carbocycles. The normalized spacial score (nSPS) is 14.5. The van der Waals surface area contributed by atoms with Gasteiger partial charge in [0.05, 0.1) is 18.8 Å². The molecule has 168 valence electrons. The van der Waals surface area contributed by atoms with Gasteiger partial charge in [-0.2, -0.15) is 0 Å². The molecule has 1 aliphatic rings. The van der Waals surface area contributed by atoms with Crippen molar-refractivity contribution in [1.82, 2.24) is 0 Å². The van der Waals surface area contributed by atoms with Crippen molar-refractivity contribution in [1.29, 1.82) is 0 Å². The second-order valence-corrected chi connectivity index (χ2v) is 7.91. The van der Waals surface area contributed by atoms with E-state index >= 15 is 0 Å². The van der Waals surface area contributed by atoms with E-state index < -0.39 is 0 Å². The summed E-state index contributed by atoms with van der Waals surface area (Å²) in [4.78, 5) is 14.3. The molecule has 0 spiro atoms. The van der Waals surface area contributed by atoms with Gasteiger partial charge >= 0.3 is 0 Å². The molecule has 7 nitrogen and oxygen atoms in total. The van der Waals surface area contributed by atoms with E-state index in [1.807, 2.05) is 30.3 Å². The summed E-state index contributed by atoms with van der Waals surface area (Å²) in [5, 5.41) is 13.8. The molecule has 0 radical (unpaired) electrons. The minimum Gasteiger partial charge on any atom is -0.872 e. The molecule has 2 heterocycles. The number of methoxy groups -OCH3 is 2. The molecular weight excluding hydrogens is 410 g/mol. The first-order chi connectivity index (χ1) is 15.5. The highest BCUT2D eigenvalue weighted by atomic mass is 16.5. The number of para-hydroxylation sites is 1. The van der Waals surface area contributed by atoms with Gasteiger partial charge in [0.1, 0.15) is 36.7 Å². The Bertz CT molecular complexity index is 1120. The van der Waals surface area contributed by atoms with Crippen molar-refractivity contribution < 1.29 is 33.4 Å². The Morgan fingerprint density at radius 2 is 1.81 bits per heavy atom. The number of benzene rings is 2. The van der Waals surface area contributed by atoms with E-state index in [9.17, 15) is 9.90 Å². The van der Waals surface area contributed by atoms with Crippen LogP contribution in [0.25, 0.3) is 17.0 Å². The molecular formula is C25H27NO6. The Morgan fingerprint density at radius 3 is 2.50 bits per heavy atom. The Balaban J connectivity index is 1.67. The van der Waals surface area contributed by atoms with Crippen LogP contribution in [0, 0.1) is 6.92 Å². The van der Waals surface area contributed by atoms with Crippen molar-refractivity contribution in [3.63, 3.8) is 0 Å². The number of Topliss-reactive ketones (excluding diaryl/α,β-unsaturated/α-hetero) is 1. The largest absolute Gasteiger partial charge is 0.872 e. The van der Waals surface area contributed by atoms with Crippen LogP contribution in [0.1, 0.15) is 27.2 Å². The average molecular weight is 437 g/mol. The fourth-order valence-corrected chi connectivity index (χ4v) is 3.98. The molecule has 32 heavy (non-hydrogen) atoms. The smallest absolute Gasteiger partial charge is 0.232 e. The fraction of sp³-hybridized carbons (Fsp3) is 0.320. The second-order valence-electron chi connectivity index (χ2n) is 7.91. The van der Waals surface area contributed by atoms with Crippen LogP contribution in [0.3, 0.4) is 0 Å².